The average Bonchev–Trinajstić information content (AvgIpc) is 2.31. The van der Waals surface area contributed by atoms with Gasteiger partial charge in [0, 0.05) is 16.6 Å². The molecule has 1 aromatic rings. The van der Waals surface area contributed by atoms with Crippen molar-refractivity contribution in [3.05, 3.63) is 34.3 Å². The first-order chi connectivity index (χ1) is 8.56. The van der Waals surface area contributed by atoms with Gasteiger partial charge in [-0.3, -0.25) is 4.79 Å². The molecule has 1 aliphatic rings. The van der Waals surface area contributed by atoms with Crippen LogP contribution in [0.15, 0.2) is 18.2 Å². The van der Waals surface area contributed by atoms with Gasteiger partial charge in [-0.05, 0) is 43.5 Å². The number of aryl methyl sites for hydroxylation is 1. The van der Waals surface area contributed by atoms with Crippen molar-refractivity contribution in [2.24, 2.45) is 0 Å². The third-order valence-corrected chi connectivity index (χ3v) is 4.04. The molecule has 0 aliphatic heterocycles. The molecule has 2 atom stereocenters. The zero-order valence-corrected chi connectivity index (χ0v) is 11.9. The molecule has 2 rings (SSSR count). The topological polar surface area (TPSA) is 29.1 Å². The molecule has 0 aromatic heterocycles. The van der Waals surface area contributed by atoms with Crippen LogP contribution in [-0.4, -0.2) is 17.3 Å². The Balaban J connectivity index is 2.06. The largest absolute Gasteiger partial charge is 0.348 e. The number of nitrogens with one attached hydrogen (secondary N) is 1. The second-order valence-electron chi connectivity index (χ2n) is 4.90. The highest BCUT2D eigenvalue weighted by Gasteiger charge is 2.24. The fraction of sp³-hybridized carbons (Fsp3) is 0.500. The monoisotopic (exact) mass is 285 g/mol. The maximum Gasteiger partial charge on any atom is 0.251 e. The molecule has 1 N–H and O–H groups in total. The zero-order valence-electron chi connectivity index (χ0n) is 10.4. The van der Waals surface area contributed by atoms with Gasteiger partial charge in [-0.1, -0.05) is 24.4 Å². The van der Waals surface area contributed by atoms with E-state index in [-0.39, 0.29) is 17.3 Å². The Bertz CT molecular complexity index is 427. The maximum atomic E-state index is 12.1. The van der Waals surface area contributed by atoms with E-state index in [0.29, 0.717) is 10.6 Å². The molecule has 1 saturated carbocycles. The number of hydrogen-bond donors (Lipinski definition) is 1. The summed E-state index contributed by atoms with van der Waals surface area (Å²) < 4.78 is 0. The summed E-state index contributed by atoms with van der Waals surface area (Å²) in [5, 5.41) is 3.64. The Morgan fingerprint density at radius 2 is 2.00 bits per heavy atom. The summed E-state index contributed by atoms with van der Waals surface area (Å²) in [7, 11) is 0. The molecule has 2 nitrogen and oxygen atoms in total. The standard InChI is InChI=1S/C14H17Cl2NO/c1-9-6-10(8-11(15)7-9)14(18)17-13-5-3-2-4-12(13)16/h6-8,12-13H,2-5H2,1H3,(H,17,18). The lowest BCUT2D eigenvalue weighted by atomic mass is 9.94. The second-order valence-corrected chi connectivity index (χ2v) is 5.89. The minimum atomic E-state index is -0.0850. The predicted octanol–water partition coefficient (Wildman–Crippen LogP) is 3.93. The maximum absolute atomic E-state index is 12.1. The third-order valence-electron chi connectivity index (χ3n) is 3.30. The van der Waals surface area contributed by atoms with Gasteiger partial charge in [-0.25, -0.2) is 0 Å². The Labute approximate surface area is 118 Å². The number of amides is 1. The zero-order chi connectivity index (χ0) is 13.1. The van der Waals surface area contributed by atoms with Crippen LogP contribution in [0, 0.1) is 6.92 Å². The molecular formula is C14H17Cl2NO. The van der Waals surface area contributed by atoms with E-state index < -0.39 is 0 Å². The molecule has 1 amide bonds. The first kappa shape index (κ1) is 13.7. The first-order valence-electron chi connectivity index (χ1n) is 6.28. The van der Waals surface area contributed by atoms with E-state index in [1.807, 2.05) is 19.1 Å². The van der Waals surface area contributed by atoms with Crippen LogP contribution in [0.4, 0.5) is 0 Å². The molecule has 98 valence electrons. The van der Waals surface area contributed by atoms with Crippen molar-refractivity contribution in [3.63, 3.8) is 0 Å². The van der Waals surface area contributed by atoms with E-state index >= 15 is 0 Å². The quantitative estimate of drug-likeness (QED) is 0.820. The van der Waals surface area contributed by atoms with E-state index in [4.69, 9.17) is 23.2 Å². The van der Waals surface area contributed by atoms with Gasteiger partial charge < -0.3 is 5.32 Å². The Morgan fingerprint density at radius 1 is 1.28 bits per heavy atom. The number of hydrogen-bond acceptors (Lipinski definition) is 1. The molecule has 0 bridgehead atoms. The highest BCUT2D eigenvalue weighted by atomic mass is 35.5. The van der Waals surface area contributed by atoms with E-state index in [1.54, 1.807) is 6.07 Å². The van der Waals surface area contributed by atoms with Crippen LogP contribution in [0.1, 0.15) is 41.6 Å². The molecule has 0 heterocycles. The molecule has 4 heteroatoms. The molecule has 2 unspecified atom stereocenters. The highest BCUT2D eigenvalue weighted by Crippen LogP contribution is 2.23. The highest BCUT2D eigenvalue weighted by molar-refractivity contribution is 6.31. The van der Waals surface area contributed by atoms with Crippen LogP contribution in [0.5, 0.6) is 0 Å². The lowest BCUT2D eigenvalue weighted by Gasteiger charge is -2.27. The number of carbonyl (C=O) groups excluding carboxylic acids is 1. The third kappa shape index (κ3) is 3.39. The number of halogens is 2. The van der Waals surface area contributed by atoms with E-state index in [9.17, 15) is 4.79 Å². The van der Waals surface area contributed by atoms with Crippen LogP contribution >= 0.6 is 23.2 Å². The minimum absolute atomic E-state index is 0.0444. The second kappa shape index (κ2) is 5.94. The predicted molar refractivity (Wildman–Crippen MR) is 75.6 cm³/mol. The van der Waals surface area contributed by atoms with Gasteiger partial charge in [-0.15, -0.1) is 11.6 Å². The molecular weight excluding hydrogens is 269 g/mol. The number of benzene rings is 1. The van der Waals surface area contributed by atoms with Gasteiger partial charge in [0.15, 0.2) is 0 Å². The summed E-state index contributed by atoms with van der Waals surface area (Å²) in [6.45, 7) is 1.92. The lowest BCUT2D eigenvalue weighted by Crippen LogP contribution is -2.42. The van der Waals surface area contributed by atoms with Crippen molar-refractivity contribution in [2.45, 2.75) is 44.0 Å². The Morgan fingerprint density at radius 3 is 2.67 bits per heavy atom. The fourth-order valence-electron chi connectivity index (χ4n) is 2.37. The van der Waals surface area contributed by atoms with Crippen LogP contribution in [0.2, 0.25) is 5.02 Å². The van der Waals surface area contributed by atoms with Crippen molar-refractivity contribution >= 4 is 29.1 Å². The summed E-state index contributed by atoms with van der Waals surface area (Å²) in [4.78, 5) is 12.1. The van der Waals surface area contributed by atoms with Crippen molar-refractivity contribution < 1.29 is 4.79 Å². The molecule has 0 radical (unpaired) electrons. The molecule has 18 heavy (non-hydrogen) atoms. The number of alkyl halides is 1. The average molecular weight is 286 g/mol. The van der Waals surface area contributed by atoms with Gasteiger partial charge in [0.25, 0.3) is 5.91 Å². The van der Waals surface area contributed by atoms with Crippen LogP contribution in [0.25, 0.3) is 0 Å². The van der Waals surface area contributed by atoms with Gasteiger partial charge >= 0.3 is 0 Å². The summed E-state index contributed by atoms with van der Waals surface area (Å²) in [5.41, 5.74) is 1.59. The van der Waals surface area contributed by atoms with Crippen molar-refractivity contribution in [1.82, 2.24) is 5.32 Å². The molecule has 1 aliphatic carbocycles. The molecule has 1 aromatic carbocycles. The normalized spacial score (nSPS) is 23.7. The van der Waals surface area contributed by atoms with Crippen LogP contribution < -0.4 is 5.32 Å². The van der Waals surface area contributed by atoms with E-state index in [1.165, 1.54) is 0 Å². The van der Waals surface area contributed by atoms with Gasteiger partial charge in [0.1, 0.15) is 0 Å². The fourth-order valence-corrected chi connectivity index (χ4v) is 3.00. The molecule has 1 fully saturated rings. The van der Waals surface area contributed by atoms with Crippen LogP contribution in [-0.2, 0) is 0 Å². The van der Waals surface area contributed by atoms with Crippen molar-refractivity contribution in [1.29, 1.82) is 0 Å². The van der Waals surface area contributed by atoms with Gasteiger partial charge in [0.05, 0.1) is 5.38 Å². The SMILES string of the molecule is Cc1cc(Cl)cc(C(=O)NC2CCCCC2Cl)c1. The molecule has 0 spiro atoms. The van der Waals surface area contributed by atoms with E-state index in [0.717, 1.165) is 31.2 Å². The number of rotatable bonds is 2. The Hall–Kier alpha value is -0.730. The Kier molecular flexibility index (Phi) is 4.52. The summed E-state index contributed by atoms with van der Waals surface area (Å²) in [6.07, 6.45) is 4.21. The first-order valence-corrected chi connectivity index (χ1v) is 7.10. The van der Waals surface area contributed by atoms with Crippen molar-refractivity contribution in [3.8, 4) is 0 Å². The van der Waals surface area contributed by atoms with Crippen molar-refractivity contribution in [2.75, 3.05) is 0 Å². The lowest BCUT2D eigenvalue weighted by molar-refractivity contribution is 0.0928. The summed E-state index contributed by atoms with van der Waals surface area (Å²) in [5.74, 6) is -0.0850. The smallest absolute Gasteiger partial charge is 0.251 e. The van der Waals surface area contributed by atoms with Gasteiger partial charge in [0.2, 0.25) is 0 Å². The molecule has 0 saturated heterocycles. The number of carbonyl (C=O) groups is 1. The minimum Gasteiger partial charge on any atom is -0.348 e. The van der Waals surface area contributed by atoms with Gasteiger partial charge in [-0.2, -0.15) is 0 Å². The summed E-state index contributed by atoms with van der Waals surface area (Å²) in [6, 6.07) is 5.44. The summed E-state index contributed by atoms with van der Waals surface area (Å²) >= 11 is 12.2. The van der Waals surface area contributed by atoms with Crippen LogP contribution in [0.3, 0.4) is 0 Å². The van der Waals surface area contributed by atoms with E-state index in [2.05, 4.69) is 5.32 Å².